The van der Waals surface area contributed by atoms with Crippen LogP contribution in [0, 0.1) is 0 Å². The van der Waals surface area contributed by atoms with Crippen LogP contribution in [-0.4, -0.2) is 23.0 Å². The van der Waals surface area contributed by atoms with Gasteiger partial charge in [-0.3, -0.25) is 4.79 Å². The summed E-state index contributed by atoms with van der Waals surface area (Å²) in [5, 5.41) is 2.74. The number of aromatic nitrogens is 1. The third kappa shape index (κ3) is 3.56. The highest BCUT2D eigenvalue weighted by Crippen LogP contribution is 2.26. The number of carbonyl (C=O) groups is 1. The number of nitrogens with two attached hydrogens (primary N) is 1. The number of thiocarbonyl (C=S) groups is 1. The van der Waals surface area contributed by atoms with Crippen LogP contribution in [0.2, 0.25) is 0 Å². The zero-order valence-corrected chi connectivity index (χ0v) is 13.5. The van der Waals surface area contributed by atoms with Gasteiger partial charge in [-0.2, -0.15) is 0 Å². The number of amides is 1. The molecule has 0 radical (unpaired) electrons. The predicted octanol–water partition coefficient (Wildman–Crippen LogP) is 2.74. The Morgan fingerprint density at radius 3 is 2.81 bits per heavy atom. The summed E-state index contributed by atoms with van der Waals surface area (Å²) in [6.07, 6.45) is 1.55. The number of anilines is 1. The van der Waals surface area contributed by atoms with E-state index in [1.165, 1.54) is 7.11 Å². The van der Waals surface area contributed by atoms with E-state index < -0.39 is 0 Å². The van der Waals surface area contributed by atoms with Gasteiger partial charge in [-0.25, -0.2) is 4.98 Å². The second-order valence-corrected chi connectivity index (χ2v) is 5.36. The summed E-state index contributed by atoms with van der Waals surface area (Å²) < 4.78 is 5.85. The van der Waals surface area contributed by atoms with Crippen molar-refractivity contribution in [1.29, 1.82) is 0 Å². The quantitative estimate of drug-likeness (QED) is 0.814. The average Bonchev–Trinajstić information content (AvgIpc) is 2.47. The van der Waals surface area contributed by atoms with Crippen molar-refractivity contribution in [1.82, 2.24) is 4.98 Å². The first-order valence-corrected chi connectivity index (χ1v) is 7.12. The van der Waals surface area contributed by atoms with Gasteiger partial charge in [0, 0.05) is 16.2 Å². The number of rotatable bonds is 4. The van der Waals surface area contributed by atoms with Crippen molar-refractivity contribution in [2.75, 3.05) is 12.4 Å². The maximum Gasteiger partial charge on any atom is 0.275 e. The second-order valence-electron chi connectivity index (χ2n) is 4.07. The smallest absolute Gasteiger partial charge is 0.275 e. The van der Waals surface area contributed by atoms with Crippen molar-refractivity contribution in [3.05, 3.63) is 52.3 Å². The van der Waals surface area contributed by atoms with Crippen molar-refractivity contribution in [2.45, 2.75) is 0 Å². The molecule has 2 aromatic rings. The number of halogens is 1. The van der Waals surface area contributed by atoms with Gasteiger partial charge in [0.25, 0.3) is 5.91 Å². The number of ether oxygens (including phenoxy) is 1. The summed E-state index contributed by atoms with van der Waals surface area (Å²) in [5.41, 5.74) is 7.04. The summed E-state index contributed by atoms with van der Waals surface area (Å²) in [6, 6.07) is 8.55. The molecular formula is C14H12BrN3O2S. The first-order chi connectivity index (χ1) is 10.0. The van der Waals surface area contributed by atoms with Crippen LogP contribution in [0.25, 0.3) is 0 Å². The molecule has 0 unspecified atom stereocenters. The normalized spacial score (nSPS) is 10.0. The Balaban J connectivity index is 2.29. The van der Waals surface area contributed by atoms with E-state index in [0.29, 0.717) is 21.5 Å². The summed E-state index contributed by atoms with van der Waals surface area (Å²) in [6.45, 7) is 0. The van der Waals surface area contributed by atoms with Crippen LogP contribution >= 0.6 is 28.1 Å². The van der Waals surface area contributed by atoms with Crippen LogP contribution in [0.4, 0.5) is 5.69 Å². The molecule has 7 heteroatoms. The maximum absolute atomic E-state index is 12.2. The molecule has 0 aliphatic heterocycles. The number of hydrogen-bond donors (Lipinski definition) is 2. The van der Waals surface area contributed by atoms with Crippen molar-refractivity contribution in [3.8, 4) is 5.75 Å². The van der Waals surface area contributed by atoms with E-state index in [0.717, 1.165) is 0 Å². The molecule has 0 bridgehead atoms. The van der Waals surface area contributed by atoms with Crippen molar-refractivity contribution in [3.63, 3.8) is 0 Å². The van der Waals surface area contributed by atoms with Gasteiger partial charge in [0.05, 0.1) is 12.8 Å². The zero-order valence-electron chi connectivity index (χ0n) is 11.1. The monoisotopic (exact) mass is 365 g/mol. The molecule has 108 valence electrons. The van der Waals surface area contributed by atoms with Gasteiger partial charge in [0.1, 0.15) is 16.4 Å². The second kappa shape index (κ2) is 6.64. The molecule has 2 rings (SSSR count). The predicted molar refractivity (Wildman–Crippen MR) is 88.8 cm³/mol. The van der Waals surface area contributed by atoms with Crippen molar-refractivity contribution >= 4 is 44.7 Å². The third-order valence-corrected chi connectivity index (χ3v) is 3.58. The minimum absolute atomic E-state index is 0.263. The van der Waals surface area contributed by atoms with E-state index in [1.54, 1.807) is 36.5 Å². The van der Waals surface area contributed by atoms with Crippen LogP contribution in [-0.2, 0) is 0 Å². The Hall–Kier alpha value is -1.99. The molecule has 1 heterocycles. The first kappa shape index (κ1) is 15.4. The van der Waals surface area contributed by atoms with Gasteiger partial charge >= 0.3 is 0 Å². The Morgan fingerprint density at radius 1 is 1.43 bits per heavy atom. The molecule has 0 spiro atoms. The molecule has 0 saturated heterocycles. The number of methoxy groups -OCH3 is 1. The van der Waals surface area contributed by atoms with E-state index in [9.17, 15) is 4.79 Å². The highest BCUT2D eigenvalue weighted by Gasteiger charge is 2.14. The number of pyridine rings is 1. The fourth-order valence-electron chi connectivity index (χ4n) is 1.68. The molecule has 0 saturated carbocycles. The summed E-state index contributed by atoms with van der Waals surface area (Å²) >= 11 is 8.20. The Labute approximate surface area is 135 Å². The number of benzene rings is 1. The molecular weight excluding hydrogens is 354 g/mol. The Kier molecular flexibility index (Phi) is 4.87. The highest BCUT2D eigenvalue weighted by atomic mass is 79.9. The number of nitrogens with one attached hydrogen (secondary N) is 1. The lowest BCUT2D eigenvalue weighted by Crippen LogP contribution is -2.15. The molecule has 1 amide bonds. The van der Waals surface area contributed by atoms with Crippen LogP contribution in [0.15, 0.2) is 41.0 Å². The van der Waals surface area contributed by atoms with E-state index in [1.807, 2.05) is 0 Å². The highest BCUT2D eigenvalue weighted by molar-refractivity contribution is 9.10. The third-order valence-electron chi connectivity index (χ3n) is 2.71. The van der Waals surface area contributed by atoms with Gasteiger partial charge < -0.3 is 15.8 Å². The van der Waals surface area contributed by atoms with Crippen LogP contribution in [0.3, 0.4) is 0 Å². The van der Waals surface area contributed by atoms with Crippen LogP contribution in [0.5, 0.6) is 5.75 Å². The fourth-order valence-corrected chi connectivity index (χ4v) is 2.24. The largest absolute Gasteiger partial charge is 0.495 e. The number of nitrogens with zero attached hydrogens (tertiary/aromatic N) is 1. The molecule has 0 atom stereocenters. The molecule has 1 aromatic carbocycles. The van der Waals surface area contributed by atoms with Crippen molar-refractivity contribution < 1.29 is 9.53 Å². The van der Waals surface area contributed by atoms with E-state index in [-0.39, 0.29) is 16.6 Å². The maximum atomic E-state index is 12.2. The molecule has 0 fully saturated rings. The lowest BCUT2D eigenvalue weighted by atomic mass is 10.2. The van der Waals surface area contributed by atoms with Crippen LogP contribution < -0.4 is 15.8 Å². The van der Waals surface area contributed by atoms with Crippen LogP contribution in [0.1, 0.15) is 16.1 Å². The molecule has 21 heavy (non-hydrogen) atoms. The molecule has 0 aliphatic rings. The number of carbonyl (C=O) groups excluding carboxylic acids is 1. The molecule has 3 N–H and O–H groups in total. The first-order valence-electron chi connectivity index (χ1n) is 5.92. The lowest BCUT2D eigenvalue weighted by Gasteiger charge is -2.11. The Bertz CT molecular complexity index is 706. The van der Waals surface area contributed by atoms with Gasteiger partial charge in [0.15, 0.2) is 0 Å². The average molecular weight is 366 g/mol. The lowest BCUT2D eigenvalue weighted by molar-refractivity contribution is 0.102. The summed E-state index contributed by atoms with van der Waals surface area (Å²) in [4.78, 5) is 16.5. The zero-order chi connectivity index (χ0) is 15.4. The molecule has 1 aromatic heterocycles. The van der Waals surface area contributed by atoms with E-state index in [2.05, 4.69) is 26.2 Å². The Morgan fingerprint density at radius 2 is 2.19 bits per heavy atom. The minimum Gasteiger partial charge on any atom is -0.495 e. The van der Waals surface area contributed by atoms with E-state index >= 15 is 0 Å². The summed E-state index contributed by atoms with van der Waals surface area (Å²) in [7, 11) is 1.50. The van der Waals surface area contributed by atoms with E-state index in [4.69, 9.17) is 22.7 Å². The summed E-state index contributed by atoms with van der Waals surface area (Å²) in [5.74, 6) is 0.129. The van der Waals surface area contributed by atoms with Crippen molar-refractivity contribution in [2.24, 2.45) is 5.73 Å². The molecule has 5 nitrogen and oxygen atoms in total. The van der Waals surface area contributed by atoms with Gasteiger partial charge in [-0.15, -0.1) is 0 Å². The minimum atomic E-state index is -0.344. The topological polar surface area (TPSA) is 77.2 Å². The fraction of sp³-hybridized carbons (Fsp3) is 0.0714. The standard InChI is InChI=1S/C14H12BrN3O2S/c1-20-11-7-8(13(16)21)4-5-10(11)18-14(19)12-9(15)3-2-6-17-12/h2-7H,1H3,(H2,16,21)(H,18,19). The van der Waals surface area contributed by atoms with Gasteiger partial charge in [-0.1, -0.05) is 12.2 Å². The number of hydrogen-bond acceptors (Lipinski definition) is 4. The molecule has 0 aliphatic carbocycles. The van der Waals surface area contributed by atoms with Gasteiger partial charge in [0.2, 0.25) is 0 Å². The van der Waals surface area contributed by atoms with Gasteiger partial charge in [-0.05, 0) is 46.3 Å². The SMILES string of the molecule is COc1cc(C(N)=S)ccc1NC(=O)c1ncccc1Br.